The predicted molar refractivity (Wildman–Crippen MR) is 106 cm³/mol. The molecule has 0 saturated carbocycles. The second kappa shape index (κ2) is 8.14. The van der Waals surface area contributed by atoms with Gasteiger partial charge in [0.15, 0.2) is 23.9 Å². The number of fused-ring (bicyclic) bond motifs is 1. The Hall–Kier alpha value is -3.80. The van der Waals surface area contributed by atoms with Crippen molar-refractivity contribution in [1.29, 1.82) is 0 Å². The minimum absolute atomic E-state index is 0.0232. The number of ether oxygens (including phenoxy) is 2. The summed E-state index contributed by atoms with van der Waals surface area (Å²) in [4.78, 5) is 31.9. The highest BCUT2D eigenvalue weighted by atomic mass is 35.5. The standard InChI is InChI=1S/C18H15ClFN7O4/c1-8(9-4-3-5-21-15(9)19)31-18(29)24-16-14(25-26-27(16)2)13-10(20)6-11-17(23-13)30-7-12(28)22-11/h3-6,8H,7H2,1-2H3,(H,22,28)(H,24,29)/t8-/m1/s1. The number of aromatic nitrogens is 5. The van der Waals surface area contributed by atoms with E-state index in [-0.39, 0.29) is 40.5 Å². The lowest BCUT2D eigenvalue weighted by atomic mass is 10.2. The number of amides is 2. The van der Waals surface area contributed by atoms with Crippen molar-refractivity contribution >= 4 is 35.1 Å². The molecule has 0 fully saturated rings. The number of anilines is 2. The van der Waals surface area contributed by atoms with Crippen LogP contribution in [0.2, 0.25) is 5.15 Å². The van der Waals surface area contributed by atoms with Crippen LogP contribution in [0, 0.1) is 5.82 Å². The highest BCUT2D eigenvalue weighted by Gasteiger charge is 2.26. The summed E-state index contributed by atoms with van der Waals surface area (Å²) >= 11 is 6.03. The van der Waals surface area contributed by atoms with Crippen molar-refractivity contribution in [1.82, 2.24) is 25.0 Å². The fraction of sp³-hybridized carbons (Fsp3) is 0.222. The summed E-state index contributed by atoms with van der Waals surface area (Å²) in [5.41, 5.74) is 0.343. The maximum absolute atomic E-state index is 14.7. The van der Waals surface area contributed by atoms with Crippen LogP contribution in [0.3, 0.4) is 0 Å². The van der Waals surface area contributed by atoms with Gasteiger partial charge in [0, 0.05) is 24.9 Å². The minimum Gasteiger partial charge on any atom is -0.466 e. The van der Waals surface area contributed by atoms with Crippen LogP contribution in [0.4, 0.5) is 20.7 Å². The lowest BCUT2D eigenvalue weighted by molar-refractivity contribution is -0.118. The van der Waals surface area contributed by atoms with E-state index in [0.717, 1.165) is 6.07 Å². The number of aryl methyl sites for hydroxylation is 1. The van der Waals surface area contributed by atoms with Gasteiger partial charge in [-0.1, -0.05) is 22.9 Å². The van der Waals surface area contributed by atoms with E-state index in [4.69, 9.17) is 21.1 Å². The van der Waals surface area contributed by atoms with Gasteiger partial charge in [-0.25, -0.2) is 23.8 Å². The fourth-order valence-electron chi connectivity index (χ4n) is 2.87. The number of pyridine rings is 2. The molecular formula is C18H15ClFN7O4. The van der Waals surface area contributed by atoms with Crippen LogP contribution in [0.5, 0.6) is 5.88 Å². The van der Waals surface area contributed by atoms with E-state index in [1.165, 1.54) is 17.9 Å². The van der Waals surface area contributed by atoms with E-state index in [9.17, 15) is 14.0 Å². The number of halogens is 2. The molecule has 4 rings (SSSR count). The van der Waals surface area contributed by atoms with E-state index < -0.39 is 23.9 Å². The molecule has 4 heterocycles. The second-order valence-corrected chi connectivity index (χ2v) is 6.83. The molecule has 1 aliphatic rings. The van der Waals surface area contributed by atoms with Gasteiger partial charge in [-0.05, 0) is 13.0 Å². The SMILES string of the molecule is C[C@@H](OC(=O)Nc1c(-c2nc3c(cc2F)NC(=O)CO3)nnn1C)c1cccnc1Cl. The number of nitrogens with zero attached hydrogens (tertiary/aromatic N) is 5. The first kappa shape index (κ1) is 20.5. The first-order chi connectivity index (χ1) is 14.8. The zero-order valence-corrected chi connectivity index (χ0v) is 17.0. The van der Waals surface area contributed by atoms with Gasteiger partial charge < -0.3 is 14.8 Å². The summed E-state index contributed by atoms with van der Waals surface area (Å²) < 4.78 is 26.5. The van der Waals surface area contributed by atoms with Crippen LogP contribution in [0.15, 0.2) is 24.4 Å². The van der Waals surface area contributed by atoms with Crippen LogP contribution < -0.4 is 15.4 Å². The van der Waals surface area contributed by atoms with Crippen LogP contribution in [0.25, 0.3) is 11.4 Å². The molecule has 3 aromatic heterocycles. The number of hydrogen-bond donors (Lipinski definition) is 2. The molecule has 13 heteroatoms. The third kappa shape index (κ3) is 4.10. The summed E-state index contributed by atoms with van der Waals surface area (Å²) in [6.45, 7) is 1.37. The lowest BCUT2D eigenvalue weighted by Gasteiger charge is -2.18. The van der Waals surface area contributed by atoms with Gasteiger partial charge in [0.05, 0.1) is 0 Å². The van der Waals surface area contributed by atoms with Crippen LogP contribution in [-0.2, 0) is 16.6 Å². The van der Waals surface area contributed by atoms with E-state index in [1.54, 1.807) is 19.1 Å². The Morgan fingerprint density at radius 3 is 3.03 bits per heavy atom. The Labute approximate surface area is 179 Å². The summed E-state index contributed by atoms with van der Waals surface area (Å²) in [7, 11) is 1.50. The van der Waals surface area contributed by atoms with Gasteiger partial charge in [-0.2, -0.15) is 0 Å². The van der Waals surface area contributed by atoms with Gasteiger partial charge in [-0.3, -0.25) is 10.1 Å². The molecule has 160 valence electrons. The summed E-state index contributed by atoms with van der Waals surface area (Å²) in [6, 6.07) is 4.39. The maximum Gasteiger partial charge on any atom is 0.413 e. The molecule has 0 aliphatic carbocycles. The molecule has 0 saturated heterocycles. The van der Waals surface area contributed by atoms with E-state index in [1.807, 2.05) is 0 Å². The molecule has 0 radical (unpaired) electrons. The molecule has 0 bridgehead atoms. The first-order valence-corrected chi connectivity index (χ1v) is 9.32. The van der Waals surface area contributed by atoms with Gasteiger partial charge >= 0.3 is 6.09 Å². The maximum atomic E-state index is 14.7. The number of rotatable bonds is 4. The molecule has 1 atom stereocenters. The molecule has 0 spiro atoms. The molecule has 1 aliphatic heterocycles. The van der Waals surface area contributed by atoms with Crippen LogP contribution >= 0.6 is 11.6 Å². The van der Waals surface area contributed by atoms with Crippen molar-refractivity contribution in [3.63, 3.8) is 0 Å². The molecule has 31 heavy (non-hydrogen) atoms. The van der Waals surface area contributed by atoms with Gasteiger partial charge in [0.25, 0.3) is 5.91 Å². The van der Waals surface area contributed by atoms with Crippen molar-refractivity contribution in [3.8, 4) is 17.3 Å². The Kier molecular flexibility index (Phi) is 5.38. The zero-order chi connectivity index (χ0) is 22.1. The van der Waals surface area contributed by atoms with Crippen molar-refractivity contribution in [3.05, 3.63) is 40.9 Å². The topological polar surface area (TPSA) is 133 Å². The fourth-order valence-corrected chi connectivity index (χ4v) is 3.14. The lowest BCUT2D eigenvalue weighted by Crippen LogP contribution is -2.26. The number of carbonyl (C=O) groups is 2. The smallest absolute Gasteiger partial charge is 0.413 e. The third-order valence-electron chi connectivity index (χ3n) is 4.34. The summed E-state index contributed by atoms with van der Waals surface area (Å²) in [6.07, 6.45) is -0.0380. The van der Waals surface area contributed by atoms with Crippen molar-refractivity contribution in [2.45, 2.75) is 13.0 Å². The van der Waals surface area contributed by atoms with Gasteiger partial charge in [0.1, 0.15) is 22.6 Å². The quantitative estimate of drug-likeness (QED) is 0.583. The van der Waals surface area contributed by atoms with Crippen molar-refractivity contribution < 1.29 is 23.5 Å². The molecular weight excluding hydrogens is 433 g/mol. The van der Waals surface area contributed by atoms with E-state index in [2.05, 4.69) is 30.9 Å². The molecule has 2 amide bonds. The van der Waals surface area contributed by atoms with Gasteiger partial charge in [0.2, 0.25) is 5.88 Å². The Morgan fingerprint density at radius 2 is 2.26 bits per heavy atom. The monoisotopic (exact) mass is 447 g/mol. The highest BCUT2D eigenvalue weighted by Crippen LogP contribution is 2.34. The first-order valence-electron chi connectivity index (χ1n) is 8.94. The Morgan fingerprint density at radius 1 is 1.45 bits per heavy atom. The number of carbonyl (C=O) groups excluding carboxylic acids is 2. The average molecular weight is 448 g/mol. The van der Waals surface area contributed by atoms with Crippen molar-refractivity contribution in [2.75, 3.05) is 17.2 Å². The van der Waals surface area contributed by atoms with E-state index in [0.29, 0.717) is 5.56 Å². The third-order valence-corrected chi connectivity index (χ3v) is 4.65. The Balaban J connectivity index is 1.58. The summed E-state index contributed by atoms with van der Waals surface area (Å²) in [5.74, 6) is -1.15. The van der Waals surface area contributed by atoms with E-state index >= 15 is 0 Å². The molecule has 2 N–H and O–H groups in total. The largest absolute Gasteiger partial charge is 0.466 e. The van der Waals surface area contributed by atoms with Crippen molar-refractivity contribution in [2.24, 2.45) is 7.05 Å². The van der Waals surface area contributed by atoms with Gasteiger partial charge in [-0.15, -0.1) is 5.10 Å². The summed E-state index contributed by atoms with van der Waals surface area (Å²) in [5, 5.41) is 12.8. The second-order valence-electron chi connectivity index (χ2n) is 6.47. The predicted octanol–water partition coefficient (Wildman–Crippen LogP) is 2.71. The Bertz CT molecular complexity index is 1190. The molecule has 0 unspecified atom stereocenters. The van der Waals surface area contributed by atoms with Crippen LogP contribution in [-0.4, -0.2) is 43.6 Å². The zero-order valence-electron chi connectivity index (χ0n) is 16.2. The molecule has 0 aromatic carbocycles. The minimum atomic E-state index is -0.846. The average Bonchev–Trinajstić information content (AvgIpc) is 3.07. The van der Waals surface area contributed by atoms with Crippen LogP contribution in [0.1, 0.15) is 18.6 Å². The number of hydrogen-bond acceptors (Lipinski definition) is 8. The molecule has 3 aromatic rings. The highest BCUT2D eigenvalue weighted by molar-refractivity contribution is 6.30. The number of nitrogens with one attached hydrogen (secondary N) is 2. The molecule has 11 nitrogen and oxygen atoms in total. The normalized spacial score (nSPS) is 13.6.